The van der Waals surface area contributed by atoms with Gasteiger partial charge in [0.15, 0.2) is 5.76 Å². The smallest absolute Gasteiger partial charge is 0.416 e. The number of hydrogen-bond acceptors (Lipinski definition) is 4. The van der Waals surface area contributed by atoms with Gasteiger partial charge in [0.25, 0.3) is 0 Å². The number of hydrogen-bond donors (Lipinski definition) is 0. The van der Waals surface area contributed by atoms with E-state index >= 15 is 0 Å². The van der Waals surface area contributed by atoms with Gasteiger partial charge >= 0.3 is 6.18 Å². The van der Waals surface area contributed by atoms with Gasteiger partial charge in [0.1, 0.15) is 11.4 Å². The van der Waals surface area contributed by atoms with Crippen LogP contribution in [0.15, 0.2) is 83.5 Å². The van der Waals surface area contributed by atoms with E-state index in [1.807, 2.05) is 36.4 Å². The Balaban J connectivity index is 1.65. The van der Waals surface area contributed by atoms with Gasteiger partial charge in [-0.2, -0.15) is 13.2 Å². The second-order valence-electron chi connectivity index (χ2n) is 6.70. The van der Waals surface area contributed by atoms with Gasteiger partial charge in [-0.1, -0.05) is 24.3 Å². The fraction of sp³-hybridized carbons (Fsp3) is 0.0435. The van der Waals surface area contributed by atoms with Gasteiger partial charge in [-0.25, -0.2) is 0 Å². The van der Waals surface area contributed by atoms with Crippen molar-refractivity contribution in [3.63, 3.8) is 0 Å². The monoisotopic (exact) mass is 406 g/mol. The maximum absolute atomic E-state index is 12.8. The van der Waals surface area contributed by atoms with Gasteiger partial charge in [-0.05, 0) is 59.3 Å². The number of furan rings is 1. The highest BCUT2D eigenvalue weighted by atomic mass is 19.4. The van der Waals surface area contributed by atoms with Crippen LogP contribution < -0.4 is 4.74 Å². The average molecular weight is 406 g/mol. The molecule has 30 heavy (non-hydrogen) atoms. The van der Waals surface area contributed by atoms with Crippen LogP contribution in [-0.4, -0.2) is 10.2 Å². The maximum Gasteiger partial charge on any atom is 0.416 e. The number of halogens is 3. The number of fused-ring (bicyclic) bond motifs is 2. The Hall–Kier alpha value is -3.87. The predicted octanol–water partition coefficient (Wildman–Crippen LogP) is 6.85. The zero-order valence-corrected chi connectivity index (χ0v) is 15.4. The summed E-state index contributed by atoms with van der Waals surface area (Å²) in [6, 6.07) is 19.7. The normalized spacial score (nSPS) is 11.8. The fourth-order valence-electron chi connectivity index (χ4n) is 3.31. The lowest BCUT2D eigenvalue weighted by atomic mass is 10.0. The molecule has 3 aromatic carbocycles. The highest BCUT2D eigenvalue weighted by Crippen LogP contribution is 2.37. The van der Waals surface area contributed by atoms with E-state index in [1.165, 1.54) is 12.1 Å². The fourth-order valence-corrected chi connectivity index (χ4v) is 3.31. The van der Waals surface area contributed by atoms with Crippen molar-refractivity contribution in [1.82, 2.24) is 10.2 Å². The Kier molecular flexibility index (Phi) is 4.17. The Labute approximate surface area is 168 Å². The number of ether oxygens (including phenoxy) is 1. The lowest BCUT2D eigenvalue weighted by Crippen LogP contribution is -2.04. The summed E-state index contributed by atoms with van der Waals surface area (Å²) >= 11 is 0. The molecule has 0 unspecified atom stereocenters. The Morgan fingerprint density at radius 2 is 1.47 bits per heavy atom. The molecule has 0 N–H and O–H groups in total. The molecule has 0 saturated heterocycles. The number of rotatable bonds is 3. The third kappa shape index (κ3) is 3.24. The van der Waals surface area contributed by atoms with Crippen molar-refractivity contribution < 1.29 is 22.3 Å². The molecular weight excluding hydrogens is 393 g/mol. The third-order valence-electron chi connectivity index (χ3n) is 4.76. The largest absolute Gasteiger partial charge is 0.463 e. The van der Waals surface area contributed by atoms with Gasteiger partial charge in [-0.15, -0.1) is 10.2 Å². The third-order valence-corrected chi connectivity index (χ3v) is 4.76. The van der Waals surface area contributed by atoms with E-state index in [9.17, 15) is 13.2 Å². The Morgan fingerprint density at radius 1 is 0.767 bits per heavy atom. The topological polar surface area (TPSA) is 48.2 Å². The summed E-state index contributed by atoms with van der Waals surface area (Å²) in [7, 11) is 0. The van der Waals surface area contributed by atoms with Crippen LogP contribution in [0.25, 0.3) is 33.0 Å². The molecule has 0 aliphatic carbocycles. The second-order valence-corrected chi connectivity index (χ2v) is 6.70. The first-order chi connectivity index (χ1) is 14.5. The van der Waals surface area contributed by atoms with E-state index in [-0.39, 0.29) is 11.6 Å². The number of nitrogens with zero attached hydrogens (tertiary/aromatic N) is 2. The minimum Gasteiger partial charge on any atom is -0.463 e. The lowest BCUT2D eigenvalue weighted by Gasteiger charge is -2.12. The van der Waals surface area contributed by atoms with Gasteiger partial charge in [0.05, 0.1) is 11.8 Å². The van der Waals surface area contributed by atoms with E-state index in [1.54, 1.807) is 18.4 Å². The molecular formula is C23H13F3N2O2. The van der Waals surface area contributed by atoms with Crippen LogP contribution in [0.3, 0.4) is 0 Å². The van der Waals surface area contributed by atoms with E-state index in [0.717, 1.165) is 28.3 Å². The summed E-state index contributed by atoms with van der Waals surface area (Å²) in [6.45, 7) is 0. The summed E-state index contributed by atoms with van der Waals surface area (Å²) in [4.78, 5) is 0. The molecule has 0 aliphatic rings. The maximum atomic E-state index is 12.8. The molecule has 0 amide bonds. The number of alkyl halides is 3. The molecule has 0 aliphatic heterocycles. The van der Waals surface area contributed by atoms with Crippen LogP contribution >= 0.6 is 0 Å². The quantitative estimate of drug-likeness (QED) is 0.307. The van der Waals surface area contributed by atoms with Crippen LogP contribution in [0.4, 0.5) is 13.2 Å². The molecule has 0 radical (unpaired) electrons. The first kappa shape index (κ1) is 18.2. The van der Waals surface area contributed by atoms with Crippen LogP contribution in [0, 0.1) is 0 Å². The Morgan fingerprint density at radius 3 is 2.10 bits per heavy atom. The first-order valence-corrected chi connectivity index (χ1v) is 9.07. The number of benzene rings is 3. The second kappa shape index (κ2) is 6.88. The molecule has 0 fully saturated rings. The van der Waals surface area contributed by atoms with Crippen LogP contribution in [0.2, 0.25) is 0 Å². The standard InChI is InChI=1S/C23H13F3N2O2/c24-23(25,26)16-7-9-17(10-8-16)30-22-19-13-15-5-2-1-4-14(15)12-18(19)21(27-28-22)20-6-3-11-29-20/h1-13H. The van der Waals surface area contributed by atoms with Crippen LogP contribution in [0.1, 0.15) is 5.56 Å². The summed E-state index contributed by atoms with van der Waals surface area (Å²) in [5, 5.41) is 11.9. The summed E-state index contributed by atoms with van der Waals surface area (Å²) in [5.41, 5.74) is -0.189. The van der Waals surface area contributed by atoms with Gasteiger partial charge in [0.2, 0.25) is 5.88 Å². The average Bonchev–Trinajstić information content (AvgIpc) is 3.27. The van der Waals surface area contributed by atoms with Crippen molar-refractivity contribution >= 4 is 21.5 Å². The van der Waals surface area contributed by atoms with E-state index < -0.39 is 11.7 Å². The first-order valence-electron chi connectivity index (χ1n) is 9.07. The van der Waals surface area contributed by atoms with E-state index in [0.29, 0.717) is 16.8 Å². The SMILES string of the molecule is FC(F)(F)c1ccc(Oc2nnc(-c3ccco3)c3cc4ccccc4cc23)cc1. The van der Waals surface area contributed by atoms with Gasteiger partial charge in [0, 0.05) is 10.8 Å². The minimum atomic E-state index is -4.41. The lowest BCUT2D eigenvalue weighted by molar-refractivity contribution is -0.137. The zero-order valence-electron chi connectivity index (χ0n) is 15.4. The number of aromatic nitrogens is 2. The van der Waals surface area contributed by atoms with Crippen molar-refractivity contribution in [2.45, 2.75) is 6.18 Å². The van der Waals surface area contributed by atoms with Gasteiger partial charge < -0.3 is 9.15 Å². The van der Waals surface area contributed by atoms with Crippen molar-refractivity contribution in [1.29, 1.82) is 0 Å². The predicted molar refractivity (Wildman–Crippen MR) is 106 cm³/mol. The zero-order chi connectivity index (χ0) is 20.7. The van der Waals surface area contributed by atoms with Crippen molar-refractivity contribution in [3.8, 4) is 23.1 Å². The van der Waals surface area contributed by atoms with Crippen molar-refractivity contribution in [2.75, 3.05) is 0 Å². The molecule has 0 spiro atoms. The van der Waals surface area contributed by atoms with Crippen molar-refractivity contribution in [2.24, 2.45) is 0 Å². The molecule has 4 nitrogen and oxygen atoms in total. The van der Waals surface area contributed by atoms with Crippen molar-refractivity contribution in [3.05, 3.63) is 84.6 Å². The summed E-state index contributed by atoms with van der Waals surface area (Å²) in [5.74, 6) is 0.993. The highest BCUT2D eigenvalue weighted by Gasteiger charge is 2.30. The van der Waals surface area contributed by atoms with E-state index in [4.69, 9.17) is 9.15 Å². The van der Waals surface area contributed by atoms with E-state index in [2.05, 4.69) is 10.2 Å². The minimum absolute atomic E-state index is 0.200. The Bertz CT molecular complexity index is 1350. The molecule has 0 bridgehead atoms. The molecule has 7 heteroatoms. The van der Waals surface area contributed by atoms with Gasteiger partial charge in [-0.3, -0.25) is 0 Å². The molecule has 5 aromatic rings. The molecule has 2 heterocycles. The molecule has 0 atom stereocenters. The molecule has 2 aromatic heterocycles. The summed E-state index contributed by atoms with van der Waals surface area (Å²) < 4.78 is 49.7. The van der Waals surface area contributed by atoms with Crippen LogP contribution in [-0.2, 0) is 6.18 Å². The van der Waals surface area contributed by atoms with Crippen LogP contribution in [0.5, 0.6) is 11.6 Å². The highest BCUT2D eigenvalue weighted by molar-refractivity contribution is 6.05. The molecule has 5 rings (SSSR count). The summed E-state index contributed by atoms with van der Waals surface area (Å²) in [6.07, 6.45) is -2.86. The molecule has 0 saturated carbocycles. The molecule has 148 valence electrons.